The summed E-state index contributed by atoms with van der Waals surface area (Å²) >= 11 is 0. The molecule has 2 aromatic rings. The number of rotatable bonds is 9. The van der Waals surface area contributed by atoms with Gasteiger partial charge in [0, 0.05) is 17.7 Å². The van der Waals surface area contributed by atoms with Crippen LogP contribution in [0.25, 0.3) is 0 Å². The molecular formula is C27H37BFN5O4. The Morgan fingerprint density at radius 1 is 1.05 bits per heavy atom. The molecule has 9 nitrogen and oxygen atoms in total. The number of pyridine rings is 1. The number of anilines is 1. The van der Waals surface area contributed by atoms with Gasteiger partial charge in [0.25, 0.3) is 5.91 Å². The first-order valence-corrected chi connectivity index (χ1v) is 13.6. The Bertz CT molecular complexity index is 1200. The fraction of sp³-hybridized carbons (Fsp3) is 0.630. The summed E-state index contributed by atoms with van der Waals surface area (Å²) in [7, 11) is -0.899. The molecule has 1 atom stereocenters. The van der Waals surface area contributed by atoms with Gasteiger partial charge in [-0.3, -0.25) is 14.3 Å². The van der Waals surface area contributed by atoms with E-state index in [9.17, 15) is 9.59 Å². The highest BCUT2D eigenvalue weighted by molar-refractivity contribution is 6.62. The van der Waals surface area contributed by atoms with Crippen molar-refractivity contribution < 1.29 is 23.3 Å². The maximum absolute atomic E-state index is 15.1. The number of amides is 2. The third-order valence-corrected chi connectivity index (χ3v) is 8.31. The molecule has 2 aromatic heterocycles. The van der Waals surface area contributed by atoms with Crippen molar-refractivity contribution in [1.82, 2.24) is 20.1 Å². The molecule has 38 heavy (non-hydrogen) atoms. The second-order valence-electron chi connectivity index (χ2n) is 12.1. The fourth-order valence-corrected chi connectivity index (χ4v) is 5.21. The normalized spacial score (nSPS) is 21.1. The molecule has 2 saturated carbocycles. The smallest absolute Gasteiger partial charge is 0.399 e. The summed E-state index contributed by atoms with van der Waals surface area (Å²) in [6.45, 7) is 11.5. The summed E-state index contributed by atoms with van der Waals surface area (Å²) in [6.07, 6.45) is 5.75. The lowest BCUT2D eigenvalue weighted by Crippen LogP contribution is -2.50. The van der Waals surface area contributed by atoms with Crippen LogP contribution < -0.4 is 16.1 Å². The first-order valence-electron chi connectivity index (χ1n) is 13.6. The standard InChI is InChI=1S/C27H37BFN5O4/c1-15(2)34-19(13-14-30-34)24(35)33-22(21(16-7-8-16)17-9-10-17)25(36)32-20-12-11-18(23(29)31-20)28-37-26(3,4)27(5,6)38-28/h11-17,21-22H,7-10H2,1-6H3,(H,33,35)(H,31,32,36)/t22-/m0/s1. The largest absolute Gasteiger partial charge is 0.499 e. The number of hydrogen-bond acceptors (Lipinski definition) is 6. The molecule has 3 aliphatic rings. The van der Waals surface area contributed by atoms with Crippen LogP contribution >= 0.6 is 0 Å². The lowest BCUT2D eigenvalue weighted by Gasteiger charge is -2.32. The zero-order valence-corrected chi connectivity index (χ0v) is 23.0. The van der Waals surface area contributed by atoms with E-state index in [1.54, 1.807) is 16.9 Å². The predicted molar refractivity (Wildman–Crippen MR) is 141 cm³/mol. The van der Waals surface area contributed by atoms with Crippen LogP contribution in [0, 0.1) is 23.7 Å². The highest BCUT2D eigenvalue weighted by Crippen LogP contribution is 2.51. The van der Waals surface area contributed by atoms with Gasteiger partial charge in [-0.05, 0) is 97.1 Å². The number of halogens is 1. The minimum absolute atomic E-state index is 0.00430. The number of carbonyl (C=O) groups is 2. The lowest BCUT2D eigenvalue weighted by atomic mass is 9.80. The molecule has 2 aliphatic carbocycles. The maximum Gasteiger partial charge on any atom is 0.499 e. The third-order valence-electron chi connectivity index (χ3n) is 8.31. The molecule has 1 aliphatic heterocycles. The van der Waals surface area contributed by atoms with E-state index in [2.05, 4.69) is 20.7 Å². The van der Waals surface area contributed by atoms with Gasteiger partial charge in [-0.15, -0.1) is 0 Å². The number of carbonyl (C=O) groups excluding carboxylic acids is 2. The van der Waals surface area contributed by atoms with Gasteiger partial charge in [-0.25, -0.2) is 4.98 Å². The van der Waals surface area contributed by atoms with Crippen LogP contribution in [0.15, 0.2) is 24.4 Å². The van der Waals surface area contributed by atoms with Gasteiger partial charge in [0.2, 0.25) is 11.9 Å². The SMILES string of the molecule is CC(C)n1nccc1C(=O)N[C@H](C(=O)Nc1ccc(B2OC(C)(C)C(C)(C)O2)c(F)n1)C(C1CC1)C1CC1. The summed E-state index contributed by atoms with van der Waals surface area (Å²) in [4.78, 5) is 30.9. The van der Waals surface area contributed by atoms with Gasteiger partial charge in [0.1, 0.15) is 17.6 Å². The van der Waals surface area contributed by atoms with Crippen molar-refractivity contribution in [2.45, 2.75) is 90.5 Å². The van der Waals surface area contributed by atoms with Crippen LogP contribution in [0.2, 0.25) is 0 Å². The van der Waals surface area contributed by atoms with Gasteiger partial charge < -0.3 is 19.9 Å². The van der Waals surface area contributed by atoms with Crippen molar-refractivity contribution in [1.29, 1.82) is 0 Å². The molecule has 0 bridgehead atoms. The summed E-state index contributed by atoms with van der Waals surface area (Å²) < 4.78 is 28.6. The third kappa shape index (κ3) is 5.23. The van der Waals surface area contributed by atoms with Crippen LogP contribution in [-0.2, 0) is 14.1 Å². The summed E-state index contributed by atoms with van der Waals surface area (Å²) in [5.41, 5.74) is -0.663. The van der Waals surface area contributed by atoms with Crippen LogP contribution in [0.3, 0.4) is 0 Å². The molecule has 2 N–H and O–H groups in total. The van der Waals surface area contributed by atoms with E-state index in [0.717, 1.165) is 25.7 Å². The summed E-state index contributed by atoms with van der Waals surface area (Å²) in [6, 6.07) is 3.95. The van der Waals surface area contributed by atoms with Crippen molar-refractivity contribution in [3.63, 3.8) is 0 Å². The molecule has 3 heterocycles. The van der Waals surface area contributed by atoms with Crippen molar-refractivity contribution >= 4 is 30.2 Å². The molecule has 0 aromatic carbocycles. The summed E-state index contributed by atoms with van der Waals surface area (Å²) in [5.74, 6) is -0.629. The van der Waals surface area contributed by atoms with E-state index in [-0.39, 0.29) is 29.1 Å². The van der Waals surface area contributed by atoms with Crippen LogP contribution in [0.4, 0.5) is 10.2 Å². The molecule has 0 unspecified atom stereocenters. The topological polar surface area (TPSA) is 107 Å². The first kappa shape index (κ1) is 26.8. The highest BCUT2D eigenvalue weighted by atomic mass is 19.1. The van der Waals surface area contributed by atoms with E-state index in [1.165, 1.54) is 12.1 Å². The average Bonchev–Trinajstić information content (AvgIpc) is 3.76. The predicted octanol–water partition coefficient (Wildman–Crippen LogP) is 3.47. The quantitative estimate of drug-likeness (QED) is 0.384. The van der Waals surface area contributed by atoms with Gasteiger partial charge in [-0.1, -0.05) is 6.07 Å². The van der Waals surface area contributed by atoms with Crippen LogP contribution in [0.5, 0.6) is 0 Å². The van der Waals surface area contributed by atoms with Crippen molar-refractivity contribution in [3.8, 4) is 0 Å². The van der Waals surface area contributed by atoms with Gasteiger partial charge in [-0.2, -0.15) is 9.49 Å². The molecular weight excluding hydrogens is 488 g/mol. The number of nitrogens with zero attached hydrogens (tertiary/aromatic N) is 3. The highest BCUT2D eigenvalue weighted by Gasteiger charge is 2.53. The average molecular weight is 525 g/mol. The zero-order chi connectivity index (χ0) is 27.4. The van der Waals surface area contributed by atoms with Crippen molar-refractivity contribution in [3.05, 3.63) is 36.0 Å². The number of nitrogens with one attached hydrogen (secondary N) is 2. The van der Waals surface area contributed by atoms with Gasteiger partial charge in [0.15, 0.2) is 0 Å². The Morgan fingerprint density at radius 3 is 2.18 bits per heavy atom. The molecule has 2 amide bonds. The van der Waals surface area contributed by atoms with Crippen molar-refractivity contribution in [2.24, 2.45) is 17.8 Å². The van der Waals surface area contributed by atoms with E-state index in [1.807, 2.05) is 41.5 Å². The van der Waals surface area contributed by atoms with Gasteiger partial charge >= 0.3 is 7.12 Å². The minimum atomic E-state index is -0.899. The Balaban J connectivity index is 1.35. The lowest BCUT2D eigenvalue weighted by molar-refractivity contribution is -0.119. The molecule has 0 radical (unpaired) electrons. The van der Waals surface area contributed by atoms with E-state index in [4.69, 9.17) is 9.31 Å². The first-order chi connectivity index (χ1) is 17.9. The number of hydrogen-bond donors (Lipinski definition) is 2. The van der Waals surface area contributed by atoms with Crippen LogP contribution in [0.1, 0.15) is 83.8 Å². The van der Waals surface area contributed by atoms with Crippen molar-refractivity contribution in [2.75, 3.05) is 5.32 Å². The van der Waals surface area contributed by atoms with E-state index >= 15 is 4.39 Å². The molecule has 204 valence electrons. The zero-order valence-electron chi connectivity index (χ0n) is 23.0. The Labute approximate surface area is 223 Å². The fourth-order valence-electron chi connectivity index (χ4n) is 5.21. The Kier molecular flexibility index (Phi) is 6.88. The van der Waals surface area contributed by atoms with E-state index < -0.39 is 36.2 Å². The molecule has 11 heteroatoms. The second kappa shape index (κ2) is 9.75. The minimum Gasteiger partial charge on any atom is -0.399 e. The number of aromatic nitrogens is 3. The van der Waals surface area contributed by atoms with Gasteiger partial charge in [0.05, 0.1) is 11.2 Å². The maximum atomic E-state index is 15.1. The summed E-state index contributed by atoms with van der Waals surface area (Å²) in [5, 5.41) is 10.00. The monoisotopic (exact) mass is 525 g/mol. The Morgan fingerprint density at radius 2 is 1.66 bits per heavy atom. The molecule has 0 spiro atoms. The second-order valence-corrected chi connectivity index (χ2v) is 12.1. The molecule has 5 rings (SSSR count). The van der Waals surface area contributed by atoms with Crippen LogP contribution in [-0.4, -0.2) is 50.9 Å². The van der Waals surface area contributed by atoms with E-state index in [0.29, 0.717) is 17.5 Å². The molecule has 3 fully saturated rings. The molecule has 1 saturated heterocycles. The Hall–Kier alpha value is -2.79.